The zero-order valence-corrected chi connectivity index (χ0v) is 11.1. The van der Waals surface area contributed by atoms with Gasteiger partial charge in [0.25, 0.3) is 0 Å². The fraction of sp³-hybridized carbons (Fsp3) is 0.643. The van der Waals surface area contributed by atoms with Crippen molar-refractivity contribution in [2.45, 2.75) is 51.1 Å². The molecule has 0 atom stereocenters. The molecular formula is C14H21NO3. The highest BCUT2D eigenvalue weighted by atomic mass is 16.5. The second-order valence-electron chi connectivity index (χ2n) is 5.27. The summed E-state index contributed by atoms with van der Waals surface area (Å²) in [5.41, 5.74) is 0.680. The Labute approximate surface area is 108 Å². The molecule has 0 spiro atoms. The summed E-state index contributed by atoms with van der Waals surface area (Å²) in [5, 5.41) is 3.54. The average molecular weight is 251 g/mol. The number of hydrogen-bond acceptors (Lipinski definition) is 4. The van der Waals surface area contributed by atoms with Gasteiger partial charge in [-0.1, -0.05) is 19.3 Å². The van der Waals surface area contributed by atoms with E-state index in [4.69, 9.17) is 4.42 Å². The molecule has 4 heteroatoms. The zero-order chi connectivity index (χ0) is 13.0. The van der Waals surface area contributed by atoms with E-state index >= 15 is 0 Å². The highest BCUT2D eigenvalue weighted by molar-refractivity contribution is 5.88. The Bertz CT molecular complexity index is 405. The number of methoxy groups -OCH3 is 1. The smallest absolute Gasteiger partial charge is 0.341 e. The monoisotopic (exact) mass is 251 g/mol. The molecule has 0 radical (unpaired) electrons. The number of carbonyl (C=O) groups is 1. The summed E-state index contributed by atoms with van der Waals surface area (Å²) in [7, 11) is 1.37. The van der Waals surface area contributed by atoms with E-state index in [1.165, 1.54) is 45.5 Å². The van der Waals surface area contributed by atoms with E-state index in [1.807, 2.05) is 0 Å². The van der Waals surface area contributed by atoms with E-state index in [9.17, 15) is 4.79 Å². The first kappa shape index (κ1) is 13.1. The molecule has 0 unspecified atom stereocenters. The molecule has 1 heterocycles. The van der Waals surface area contributed by atoms with Gasteiger partial charge in [0.2, 0.25) is 0 Å². The maximum atomic E-state index is 11.3. The molecule has 0 bridgehead atoms. The van der Waals surface area contributed by atoms with Crippen molar-refractivity contribution in [2.75, 3.05) is 7.11 Å². The Morgan fingerprint density at radius 3 is 2.83 bits per heavy atom. The SMILES string of the molecule is COC(=O)c1coc(CNC2(C)CCCCC2)c1. The van der Waals surface area contributed by atoms with E-state index in [1.54, 1.807) is 6.07 Å². The van der Waals surface area contributed by atoms with E-state index in [2.05, 4.69) is 17.0 Å². The normalized spacial score (nSPS) is 18.6. The third-order valence-electron chi connectivity index (χ3n) is 3.72. The van der Waals surface area contributed by atoms with Crippen molar-refractivity contribution in [3.63, 3.8) is 0 Å². The van der Waals surface area contributed by atoms with Gasteiger partial charge < -0.3 is 14.5 Å². The minimum Gasteiger partial charge on any atom is -0.467 e. The van der Waals surface area contributed by atoms with Crippen molar-refractivity contribution < 1.29 is 13.9 Å². The minimum absolute atomic E-state index is 0.205. The van der Waals surface area contributed by atoms with Crippen LogP contribution in [-0.2, 0) is 11.3 Å². The van der Waals surface area contributed by atoms with Crippen LogP contribution >= 0.6 is 0 Å². The third-order valence-corrected chi connectivity index (χ3v) is 3.72. The lowest BCUT2D eigenvalue weighted by molar-refractivity contribution is 0.0600. The molecule has 0 aliphatic heterocycles. The standard InChI is InChI=1S/C14H21NO3/c1-14(6-4-3-5-7-14)15-9-12-8-11(10-18-12)13(16)17-2/h8,10,15H,3-7,9H2,1-2H3. The largest absolute Gasteiger partial charge is 0.467 e. The van der Waals surface area contributed by atoms with Crippen molar-refractivity contribution in [3.8, 4) is 0 Å². The highest BCUT2D eigenvalue weighted by Crippen LogP contribution is 2.27. The van der Waals surface area contributed by atoms with Crippen molar-refractivity contribution in [3.05, 3.63) is 23.7 Å². The molecule has 0 aromatic carbocycles. The van der Waals surface area contributed by atoms with Crippen LogP contribution < -0.4 is 5.32 Å². The lowest BCUT2D eigenvalue weighted by Crippen LogP contribution is -2.43. The van der Waals surface area contributed by atoms with Gasteiger partial charge in [-0.2, -0.15) is 0 Å². The highest BCUT2D eigenvalue weighted by Gasteiger charge is 2.26. The Morgan fingerprint density at radius 1 is 1.44 bits per heavy atom. The van der Waals surface area contributed by atoms with Gasteiger partial charge in [0.15, 0.2) is 0 Å². The summed E-state index contributed by atoms with van der Waals surface area (Å²) in [4.78, 5) is 11.3. The lowest BCUT2D eigenvalue weighted by Gasteiger charge is -2.34. The molecule has 18 heavy (non-hydrogen) atoms. The first-order valence-corrected chi connectivity index (χ1v) is 6.54. The molecule has 100 valence electrons. The molecule has 1 aliphatic carbocycles. The van der Waals surface area contributed by atoms with Gasteiger partial charge in [0.1, 0.15) is 12.0 Å². The summed E-state index contributed by atoms with van der Waals surface area (Å²) in [6, 6.07) is 1.74. The molecule has 1 aliphatic rings. The predicted octanol–water partition coefficient (Wildman–Crippen LogP) is 2.88. The van der Waals surface area contributed by atoms with Gasteiger partial charge >= 0.3 is 5.97 Å². The van der Waals surface area contributed by atoms with Crippen LogP contribution in [0.15, 0.2) is 16.7 Å². The summed E-state index contributed by atoms with van der Waals surface area (Å²) < 4.78 is 10.0. The van der Waals surface area contributed by atoms with Crippen molar-refractivity contribution >= 4 is 5.97 Å². The van der Waals surface area contributed by atoms with Crippen molar-refractivity contribution in [2.24, 2.45) is 0 Å². The molecular weight excluding hydrogens is 230 g/mol. The van der Waals surface area contributed by atoms with Gasteiger partial charge in [-0.3, -0.25) is 0 Å². The molecule has 0 amide bonds. The number of ether oxygens (including phenoxy) is 1. The van der Waals surface area contributed by atoms with Crippen LogP contribution in [0.1, 0.15) is 55.1 Å². The summed E-state index contributed by atoms with van der Waals surface area (Å²) in [6.45, 7) is 2.92. The number of hydrogen-bond donors (Lipinski definition) is 1. The van der Waals surface area contributed by atoms with Gasteiger partial charge in [-0.15, -0.1) is 0 Å². The quantitative estimate of drug-likeness (QED) is 0.836. The number of rotatable bonds is 4. The maximum absolute atomic E-state index is 11.3. The molecule has 1 aromatic rings. The van der Waals surface area contributed by atoms with Gasteiger partial charge in [-0.25, -0.2) is 4.79 Å². The van der Waals surface area contributed by atoms with Crippen LogP contribution in [0.5, 0.6) is 0 Å². The molecule has 4 nitrogen and oxygen atoms in total. The average Bonchev–Trinajstić information content (AvgIpc) is 2.85. The second kappa shape index (κ2) is 5.57. The maximum Gasteiger partial charge on any atom is 0.341 e. The molecule has 1 fully saturated rings. The fourth-order valence-electron chi connectivity index (χ4n) is 2.51. The van der Waals surface area contributed by atoms with Crippen LogP contribution in [-0.4, -0.2) is 18.6 Å². The summed E-state index contributed by atoms with van der Waals surface area (Å²) in [6.07, 6.45) is 7.77. The van der Waals surface area contributed by atoms with Crippen LogP contribution in [0.2, 0.25) is 0 Å². The predicted molar refractivity (Wildman–Crippen MR) is 68.4 cm³/mol. The number of esters is 1. The van der Waals surface area contributed by atoms with Gasteiger partial charge in [0, 0.05) is 5.54 Å². The van der Waals surface area contributed by atoms with Crippen LogP contribution in [0, 0.1) is 0 Å². The summed E-state index contributed by atoms with van der Waals surface area (Å²) in [5.74, 6) is 0.427. The minimum atomic E-state index is -0.353. The molecule has 2 rings (SSSR count). The fourth-order valence-corrected chi connectivity index (χ4v) is 2.51. The molecule has 1 saturated carbocycles. The molecule has 0 saturated heterocycles. The lowest BCUT2D eigenvalue weighted by atomic mass is 9.83. The number of carbonyl (C=O) groups excluding carboxylic acids is 1. The van der Waals surface area contributed by atoms with E-state index < -0.39 is 0 Å². The van der Waals surface area contributed by atoms with Gasteiger partial charge in [0.05, 0.1) is 19.2 Å². The Morgan fingerprint density at radius 2 is 2.17 bits per heavy atom. The second-order valence-corrected chi connectivity index (χ2v) is 5.27. The summed E-state index contributed by atoms with van der Waals surface area (Å²) >= 11 is 0. The van der Waals surface area contributed by atoms with E-state index in [-0.39, 0.29) is 11.5 Å². The van der Waals surface area contributed by atoms with Gasteiger partial charge in [-0.05, 0) is 25.8 Å². The Kier molecular flexibility index (Phi) is 4.07. The van der Waals surface area contributed by atoms with Crippen molar-refractivity contribution in [1.82, 2.24) is 5.32 Å². The van der Waals surface area contributed by atoms with Crippen LogP contribution in [0.3, 0.4) is 0 Å². The molecule has 1 aromatic heterocycles. The van der Waals surface area contributed by atoms with Crippen LogP contribution in [0.25, 0.3) is 0 Å². The third kappa shape index (κ3) is 3.13. The van der Waals surface area contributed by atoms with Crippen LogP contribution in [0.4, 0.5) is 0 Å². The Balaban J connectivity index is 1.89. The molecule has 1 N–H and O–H groups in total. The Hall–Kier alpha value is -1.29. The van der Waals surface area contributed by atoms with Crippen molar-refractivity contribution in [1.29, 1.82) is 0 Å². The first-order chi connectivity index (χ1) is 8.63. The number of furan rings is 1. The van der Waals surface area contributed by atoms with E-state index in [0.29, 0.717) is 12.1 Å². The van der Waals surface area contributed by atoms with E-state index in [0.717, 1.165) is 5.76 Å². The topological polar surface area (TPSA) is 51.5 Å². The zero-order valence-electron chi connectivity index (χ0n) is 11.1. The first-order valence-electron chi connectivity index (χ1n) is 6.54. The number of nitrogens with one attached hydrogen (secondary N) is 1.